The van der Waals surface area contributed by atoms with Crippen LogP contribution in [0.2, 0.25) is 0 Å². The Labute approximate surface area is 117 Å². The third-order valence-corrected chi connectivity index (χ3v) is 3.60. The van der Waals surface area contributed by atoms with Gasteiger partial charge < -0.3 is 20.8 Å². The van der Waals surface area contributed by atoms with E-state index in [4.69, 9.17) is 10.8 Å². The summed E-state index contributed by atoms with van der Waals surface area (Å²) in [5.74, 6) is -3.03. The maximum absolute atomic E-state index is 12.2. The normalized spacial score (nSPS) is 19.1. The first-order chi connectivity index (χ1) is 9.34. The molecule has 0 aromatic rings. The lowest BCUT2D eigenvalue weighted by Crippen LogP contribution is -2.56. The van der Waals surface area contributed by atoms with Crippen LogP contribution in [-0.2, 0) is 14.4 Å². The van der Waals surface area contributed by atoms with Gasteiger partial charge in [0.05, 0.1) is 12.5 Å². The fraction of sp³-hybridized carbons (Fsp3) is 0.769. The predicted octanol–water partition coefficient (Wildman–Crippen LogP) is 0.423. The number of carbonyl (C=O) groups is 3. The van der Waals surface area contributed by atoms with Crippen LogP contribution in [0.3, 0.4) is 0 Å². The van der Waals surface area contributed by atoms with Gasteiger partial charge in [-0.05, 0) is 19.8 Å². The number of hydrogen-bond acceptors (Lipinski definition) is 4. The molecule has 114 valence electrons. The molecule has 0 spiro atoms. The average molecular weight is 286 g/mol. The summed E-state index contributed by atoms with van der Waals surface area (Å²) in [7, 11) is 0. The molecule has 0 aromatic heterocycles. The molecule has 2 unspecified atom stereocenters. The first-order valence-corrected chi connectivity index (χ1v) is 6.87. The van der Waals surface area contributed by atoms with E-state index in [1.807, 2.05) is 0 Å². The Hall–Kier alpha value is -1.63. The second-order valence-electron chi connectivity index (χ2n) is 5.28. The van der Waals surface area contributed by atoms with Gasteiger partial charge in [0.2, 0.25) is 5.91 Å². The number of carboxylic acid groups (broad SMARTS) is 2. The summed E-state index contributed by atoms with van der Waals surface area (Å²) in [6.45, 7) is 1.48. The van der Waals surface area contributed by atoms with Crippen molar-refractivity contribution in [3.8, 4) is 0 Å². The highest BCUT2D eigenvalue weighted by atomic mass is 16.4. The molecule has 0 aliphatic heterocycles. The smallest absolute Gasteiger partial charge is 0.327 e. The molecular formula is C13H22N2O5. The molecule has 1 aliphatic rings. The highest BCUT2D eigenvalue weighted by Crippen LogP contribution is 2.26. The van der Waals surface area contributed by atoms with Crippen LogP contribution in [0.15, 0.2) is 0 Å². The number of nitrogens with two attached hydrogens (primary N) is 1. The number of hydrogen-bond donors (Lipinski definition) is 3. The average Bonchev–Trinajstić information content (AvgIpc) is 2.38. The van der Waals surface area contributed by atoms with Gasteiger partial charge in [0.1, 0.15) is 6.04 Å². The summed E-state index contributed by atoms with van der Waals surface area (Å²) < 4.78 is 0. The lowest BCUT2D eigenvalue weighted by Gasteiger charge is -2.38. The second kappa shape index (κ2) is 7.23. The van der Waals surface area contributed by atoms with Gasteiger partial charge in [-0.3, -0.25) is 9.59 Å². The van der Waals surface area contributed by atoms with E-state index in [-0.39, 0.29) is 6.04 Å². The van der Waals surface area contributed by atoms with Crippen molar-refractivity contribution >= 4 is 17.8 Å². The minimum atomic E-state index is -1.35. The molecule has 0 aromatic carbocycles. The van der Waals surface area contributed by atoms with Crippen molar-refractivity contribution in [2.75, 3.05) is 0 Å². The van der Waals surface area contributed by atoms with E-state index in [0.29, 0.717) is 12.8 Å². The number of rotatable bonds is 6. The zero-order chi connectivity index (χ0) is 15.3. The molecule has 20 heavy (non-hydrogen) atoms. The van der Waals surface area contributed by atoms with Crippen LogP contribution in [0.1, 0.15) is 45.4 Å². The van der Waals surface area contributed by atoms with Crippen LogP contribution < -0.4 is 5.73 Å². The lowest BCUT2D eigenvalue weighted by molar-refractivity contribution is -0.157. The molecule has 7 heteroatoms. The lowest BCUT2D eigenvalue weighted by atomic mass is 9.92. The quantitative estimate of drug-likeness (QED) is 0.650. The zero-order valence-corrected chi connectivity index (χ0v) is 11.6. The Kier molecular flexibility index (Phi) is 5.94. The van der Waals surface area contributed by atoms with Gasteiger partial charge in [0.15, 0.2) is 0 Å². The fourth-order valence-electron chi connectivity index (χ4n) is 2.65. The van der Waals surface area contributed by atoms with Crippen LogP contribution in [-0.4, -0.2) is 51.1 Å². The summed E-state index contributed by atoms with van der Waals surface area (Å²) in [5, 5.41) is 18.1. The summed E-state index contributed by atoms with van der Waals surface area (Å²) in [6.07, 6.45) is 3.65. The number of carbonyl (C=O) groups excluding carboxylic acids is 1. The third kappa shape index (κ3) is 4.19. The fourth-order valence-corrected chi connectivity index (χ4v) is 2.65. The zero-order valence-electron chi connectivity index (χ0n) is 11.6. The van der Waals surface area contributed by atoms with Gasteiger partial charge >= 0.3 is 11.9 Å². The first-order valence-electron chi connectivity index (χ1n) is 6.87. The summed E-state index contributed by atoms with van der Waals surface area (Å²) in [6, 6.07) is -2.43. The summed E-state index contributed by atoms with van der Waals surface area (Å²) in [5.41, 5.74) is 5.58. The first kappa shape index (κ1) is 16.4. The molecule has 0 heterocycles. The van der Waals surface area contributed by atoms with Gasteiger partial charge in [-0.25, -0.2) is 4.79 Å². The summed E-state index contributed by atoms with van der Waals surface area (Å²) in [4.78, 5) is 35.6. The molecule has 0 saturated heterocycles. The Morgan fingerprint density at radius 1 is 1.20 bits per heavy atom. The third-order valence-electron chi connectivity index (χ3n) is 3.60. The maximum Gasteiger partial charge on any atom is 0.327 e. The van der Waals surface area contributed by atoms with Crippen molar-refractivity contribution < 1.29 is 24.6 Å². The number of aliphatic carboxylic acids is 2. The van der Waals surface area contributed by atoms with Crippen molar-refractivity contribution in [1.29, 1.82) is 0 Å². The maximum atomic E-state index is 12.2. The largest absolute Gasteiger partial charge is 0.481 e. The van der Waals surface area contributed by atoms with Crippen molar-refractivity contribution in [2.24, 2.45) is 5.73 Å². The van der Waals surface area contributed by atoms with Gasteiger partial charge in [-0.2, -0.15) is 0 Å². The van der Waals surface area contributed by atoms with E-state index in [0.717, 1.165) is 19.3 Å². The van der Waals surface area contributed by atoms with Crippen molar-refractivity contribution in [2.45, 2.75) is 63.6 Å². The van der Waals surface area contributed by atoms with Crippen molar-refractivity contribution in [1.82, 2.24) is 4.90 Å². The Morgan fingerprint density at radius 2 is 1.75 bits per heavy atom. The number of amides is 1. The molecule has 1 aliphatic carbocycles. The van der Waals surface area contributed by atoms with Crippen LogP contribution in [0.4, 0.5) is 0 Å². The topological polar surface area (TPSA) is 121 Å². The molecular weight excluding hydrogens is 264 g/mol. The van der Waals surface area contributed by atoms with E-state index in [1.165, 1.54) is 11.8 Å². The van der Waals surface area contributed by atoms with E-state index < -0.39 is 36.4 Å². The van der Waals surface area contributed by atoms with Gasteiger partial charge in [0.25, 0.3) is 0 Å². The van der Waals surface area contributed by atoms with Crippen LogP contribution in [0, 0.1) is 0 Å². The number of carboxylic acids is 2. The molecule has 1 fully saturated rings. The molecule has 1 amide bonds. The minimum Gasteiger partial charge on any atom is -0.481 e. The van der Waals surface area contributed by atoms with Gasteiger partial charge in [-0.15, -0.1) is 0 Å². The predicted molar refractivity (Wildman–Crippen MR) is 71.0 cm³/mol. The van der Waals surface area contributed by atoms with Crippen LogP contribution in [0.25, 0.3) is 0 Å². The van der Waals surface area contributed by atoms with Crippen molar-refractivity contribution in [3.05, 3.63) is 0 Å². The van der Waals surface area contributed by atoms with Gasteiger partial charge in [-0.1, -0.05) is 19.3 Å². The Morgan fingerprint density at radius 3 is 2.15 bits per heavy atom. The van der Waals surface area contributed by atoms with E-state index in [2.05, 4.69) is 0 Å². The minimum absolute atomic E-state index is 0.234. The molecule has 7 nitrogen and oxygen atoms in total. The molecule has 2 atom stereocenters. The Bertz CT molecular complexity index is 377. The van der Waals surface area contributed by atoms with Crippen LogP contribution in [0.5, 0.6) is 0 Å². The van der Waals surface area contributed by atoms with Crippen LogP contribution >= 0.6 is 0 Å². The van der Waals surface area contributed by atoms with Crippen molar-refractivity contribution in [3.63, 3.8) is 0 Å². The van der Waals surface area contributed by atoms with E-state index >= 15 is 0 Å². The highest BCUT2D eigenvalue weighted by Gasteiger charge is 2.37. The molecule has 1 rings (SSSR count). The van der Waals surface area contributed by atoms with E-state index in [1.54, 1.807) is 0 Å². The monoisotopic (exact) mass is 286 g/mol. The molecule has 0 radical (unpaired) electrons. The van der Waals surface area contributed by atoms with E-state index in [9.17, 15) is 19.5 Å². The standard InChI is InChI=1S/C13H22N2O5/c1-8(14)12(18)15(9-5-3-2-4-6-9)10(13(19)20)7-11(16)17/h8-10H,2-7,14H2,1H3,(H,16,17)(H,19,20). The second-order valence-corrected chi connectivity index (χ2v) is 5.28. The van der Waals surface area contributed by atoms with Gasteiger partial charge in [0, 0.05) is 6.04 Å². The summed E-state index contributed by atoms with van der Waals surface area (Å²) >= 11 is 0. The molecule has 4 N–H and O–H groups in total. The Balaban J connectivity index is 3.02. The number of nitrogens with zero attached hydrogens (tertiary/aromatic N) is 1. The highest BCUT2D eigenvalue weighted by molar-refractivity contribution is 5.89. The SMILES string of the molecule is CC(N)C(=O)N(C1CCCCC1)C(CC(=O)O)C(=O)O. The molecule has 0 bridgehead atoms. The molecule has 1 saturated carbocycles.